The number of carbonyl (C=O) groups is 1. The van der Waals surface area contributed by atoms with E-state index in [0.29, 0.717) is 17.9 Å². The van der Waals surface area contributed by atoms with E-state index in [1.54, 1.807) is 6.20 Å². The Labute approximate surface area is 131 Å². The molecule has 22 heavy (non-hydrogen) atoms. The van der Waals surface area contributed by atoms with Crippen LogP contribution in [-0.4, -0.2) is 43.0 Å². The van der Waals surface area contributed by atoms with Crippen molar-refractivity contribution in [1.82, 2.24) is 15.2 Å². The van der Waals surface area contributed by atoms with Gasteiger partial charge in [-0.1, -0.05) is 12.1 Å². The summed E-state index contributed by atoms with van der Waals surface area (Å²) in [6, 6.07) is 9.49. The minimum atomic E-state index is -0.0555. The molecule has 0 aliphatic rings. The monoisotopic (exact) mass is 298 g/mol. The van der Waals surface area contributed by atoms with Crippen LogP contribution >= 0.6 is 0 Å². The Balaban J connectivity index is 2.06. The van der Waals surface area contributed by atoms with Crippen molar-refractivity contribution in [2.75, 3.05) is 32.9 Å². The van der Waals surface area contributed by atoms with Crippen molar-refractivity contribution in [3.63, 3.8) is 0 Å². The van der Waals surface area contributed by atoms with Crippen molar-refractivity contribution >= 4 is 11.7 Å². The topological polar surface area (TPSA) is 71.2 Å². The summed E-state index contributed by atoms with van der Waals surface area (Å²) in [4.78, 5) is 18.2. The summed E-state index contributed by atoms with van der Waals surface area (Å²) in [5.74, 6) is 0.487. The molecule has 5 nitrogen and oxygen atoms in total. The van der Waals surface area contributed by atoms with Crippen LogP contribution in [0, 0.1) is 6.92 Å². The van der Waals surface area contributed by atoms with Gasteiger partial charge in [-0.15, -0.1) is 0 Å². The van der Waals surface area contributed by atoms with E-state index in [4.69, 9.17) is 5.73 Å². The van der Waals surface area contributed by atoms with Gasteiger partial charge < -0.3 is 16.0 Å². The van der Waals surface area contributed by atoms with Crippen molar-refractivity contribution in [2.24, 2.45) is 0 Å². The number of aromatic nitrogens is 1. The summed E-state index contributed by atoms with van der Waals surface area (Å²) in [6.07, 6.45) is 1.74. The van der Waals surface area contributed by atoms with E-state index in [0.717, 1.165) is 23.2 Å². The van der Waals surface area contributed by atoms with Gasteiger partial charge in [-0.25, -0.2) is 4.98 Å². The number of nitrogen functional groups attached to an aromatic ring is 1. The molecule has 0 atom stereocenters. The Kier molecular flexibility index (Phi) is 5.12. The molecule has 5 heteroatoms. The van der Waals surface area contributed by atoms with E-state index in [-0.39, 0.29) is 5.91 Å². The normalized spacial score (nSPS) is 10.7. The molecule has 0 radical (unpaired) electrons. The van der Waals surface area contributed by atoms with Crippen LogP contribution in [0.25, 0.3) is 11.1 Å². The van der Waals surface area contributed by atoms with Gasteiger partial charge in [0.15, 0.2) is 0 Å². The van der Waals surface area contributed by atoms with E-state index < -0.39 is 0 Å². The highest BCUT2D eigenvalue weighted by molar-refractivity contribution is 5.94. The molecule has 1 heterocycles. The Morgan fingerprint density at radius 3 is 2.50 bits per heavy atom. The van der Waals surface area contributed by atoms with Gasteiger partial charge in [-0.05, 0) is 50.3 Å². The lowest BCUT2D eigenvalue weighted by Crippen LogP contribution is -2.31. The van der Waals surface area contributed by atoms with Crippen molar-refractivity contribution in [2.45, 2.75) is 6.92 Å². The Morgan fingerprint density at radius 1 is 1.23 bits per heavy atom. The molecule has 116 valence electrons. The zero-order valence-electron chi connectivity index (χ0n) is 13.3. The van der Waals surface area contributed by atoms with Gasteiger partial charge in [-0.2, -0.15) is 0 Å². The molecular weight excluding hydrogens is 276 g/mol. The van der Waals surface area contributed by atoms with Gasteiger partial charge in [0, 0.05) is 30.4 Å². The van der Waals surface area contributed by atoms with Gasteiger partial charge in [0.25, 0.3) is 5.91 Å². The molecule has 0 unspecified atom stereocenters. The predicted octanol–water partition coefficient (Wildman–Crippen LogP) is 1.93. The average Bonchev–Trinajstić information content (AvgIpc) is 2.50. The maximum absolute atomic E-state index is 12.0. The number of pyridine rings is 1. The van der Waals surface area contributed by atoms with Crippen LogP contribution in [0.3, 0.4) is 0 Å². The number of anilines is 1. The summed E-state index contributed by atoms with van der Waals surface area (Å²) >= 11 is 0. The third-order valence-corrected chi connectivity index (χ3v) is 3.44. The SMILES string of the molecule is Cc1cc(-c2ccc(C(=O)NCCN(C)C)cc2)cnc1N. The number of nitrogens with two attached hydrogens (primary N) is 1. The molecule has 0 aliphatic carbocycles. The highest BCUT2D eigenvalue weighted by atomic mass is 16.1. The molecule has 1 amide bonds. The zero-order valence-corrected chi connectivity index (χ0v) is 13.3. The summed E-state index contributed by atoms with van der Waals surface area (Å²) in [5.41, 5.74) is 9.34. The number of aryl methyl sites for hydroxylation is 1. The molecule has 2 aromatic rings. The molecule has 2 rings (SSSR count). The second kappa shape index (κ2) is 7.04. The fourth-order valence-corrected chi connectivity index (χ4v) is 2.05. The number of amides is 1. The molecule has 3 N–H and O–H groups in total. The average molecular weight is 298 g/mol. The van der Waals surface area contributed by atoms with Gasteiger partial charge in [0.2, 0.25) is 0 Å². The number of hydrogen-bond donors (Lipinski definition) is 2. The quantitative estimate of drug-likeness (QED) is 0.885. The molecule has 0 bridgehead atoms. The van der Waals surface area contributed by atoms with Crippen molar-refractivity contribution in [1.29, 1.82) is 0 Å². The van der Waals surface area contributed by atoms with E-state index in [1.165, 1.54) is 0 Å². The van der Waals surface area contributed by atoms with Crippen LogP contribution in [0.4, 0.5) is 5.82 Å². The molecule has 1 aromatic heterocycles. The lowest BCUT2D eigenvalue weighted by molar-refractivity contribution is 0.0951. The summed E-state index contributed by atoms with van der Waals surface area (Å²) in [7, 11) is 3.95. The number of benzene rings is 1. The first-order chi connectivity index (χ1) is 10.5. The predicted molar refractivity (Wildman–Crippen MR) is 89.7 cm³/mol. The van der Waals surface area contributed by atoms with Crippen LogP contribution < -0.4 is 11.1 Å². The van der Waals surface area contributed by atoms with Gasteiger partial charge in [0.1, 0.15) is 5.82 Å². The van der Waals surface area contributed by atoms with Crippen LogP contribution in [0.1, 0.15) is 15.9 Å². The van der Waals surface area contributed by atoms with Crippen LogP contribution in [0.2, 0.25) is 0 Å². The molecule has 0 fully saturated rings. The Bertz CT molecular complexity index is 650. The highest BCUT2D eigenvalue weighted by Crippen LogP contribution is 2.21. The minimum Gasteiger partial charge on any atom is -0.383 e. The standard InChI is InChI=1S/C17H22N4O/c1-12-10-15(11-20-16(12)18)13-4-6-14(7-5-13)17(22)19-8-9-21(2)3/h4-7,10-11H,8-9H2,1-3H3,(H2,18,20)(H,19,22). The number of nitrogens with zero attached hydrogens (tertiary/aromatic N) is 2. The van der Waals surface area contributed by atoms with E-state index in [2.05, 4.69) is 10.3 Å². The number of likely N-dealkylation sites (N-methyl/N-ethyl adjacent to an activating group) is 1. The second-order valence-corrected chi connectivity index (χ2v) is 5.56. The van der Waals surface area contributed by atoms with Gasteiger partial charge in [-0.3, -0.25) is 4.79 Å². The van der Waals surface area contributed by atoms with E-state index in [1.807, 2.05) is 56.3 Å². The number of nitrogens with one attached hydrogen (secondary N) is 1. The number of hydrogen-bond acceptors (Lipinski definition) is 4. The first kappa shape index (κ1) is 16.0. The lowest BCUT2D eigenvalue weighted by atomic mass is 10.0. The molecule has 0 saturated heterocycles. The smallest absolute Gasteiger partial charge is 0.251 e. The fraction of sp³-hybridized carbons (Fsp3) is 0.294. The Morgan fingerprint density at radius 2 is 1.91 bits per heavy atom. The second-order valence-electron chi connectivity index (χ2n) is 5.56. The number of carbonyl (C=O) groups excluding carboxylic acids is 1. The summed E-state index contributed by atoms with van der Waals surface area (Å²) < 4.78 is 0. The van der Waals surface area contributed by atoms with Gasteiger partial charge >= 0.3 is 0 Å². The van der Waals surface area contributed by atoms with E-state index >= 15 is 0 Å². The molecular formula is C17H22N4O. The van der Waals surface area contributed by atoms with Crippen molar-refractivity contribution in [3.8, 4) is 11.1 Å². The van der Waals surface area contributed by atoms with Crippen LogP contribution in [0.15, 0.2) is 36.5 Å². The molecule has 0 spiro atoms. The molecule has 1 aromatic carbocycles. The van der Waals surface area contributed by atoms with Crippen molar-refractivity contribution < 1.29 is 4.79 Å². The summed E-state index contributed by atoms with van der Waals surface area (Å²) in [5, 5.41) is 2.90. The van der Waals surface area contributed by atoms with Crippen LogP contribution in [-0.2, 0) is 0 Å². The third-order valence-electron chi connectivity index (χ3n) is 3.44. The Hall–Kier alpha value is -2.40. The van der Waals surface area contributed by atoms with E-state index in [9.17, 15) is 4.79 Å². The zero-order chi connectivity index (χ0) is 16.1. The first-order valence-corrected chi connectivity index (χ1v) is 7.23. The number of rotatable bonds is 5. The highest BCUT2D eigenvalue weighted by Gasteiger charge is 2.06. The third kappa shape index (κ3) is 4.05. The lowest BCUT2D eigenvalue weighted by Gasteiger charge is -2.10. The van der Waals surface area contributed by atoms with Gasteiger partial charge in [0.05, 0.1) is 0 Å². The first-order valence-electron chi connectivity index (χ1n) is 7.23. The largest absolute Gasteiger partial charge is 0.383 e. The molecule has 0 saturated carbocycles. The molecule has 0 aliphatic heterocycles. The minimum absolute atomic E-state index is 0.0555. The maximum atomic E-state index is 12.0. The maximum Gasteiger partial charge on any atom is 0.251 e. The summed E-state index contributed by atoms with van der Waals surface area (Å²) in [6.45, 7) is 3.38. The van der Waals surface area contributed by atoms with Crippen molar-refractivity contribution in [3.05, 3.63) is 47.7 Å². The van der Waals surface area contributed by atoms with Crippen LogP contribution in [0.5, 0.6) is 0 Å². The fourth-order valence-electron chi connectivity index (χ4n) is 2.05.